The van der Waals surface area contributed by atoms with Gasteiger partial charge in [-0.2, -0.15) is 0 Å². The van der Waals surface area contributed by atoms with Crippen LogP contribution in [0.4, 0.5) is 0 Å². The molecule has 0 radical (unpaired) electrons. The third kappa shape index (κ3) is 16.8. The van der Waals surface area contributed by atoms with Crippen LogP contribution >= 0.6 is 0 Å². The summed E-state index contributed by atoms with van der Waals surface area (Å²) in [6.07, 6.45) is 19.2. The number of aliphatic hydroxyl groups is 2. The van der Waals surface area contributed by atoms with Gasteiger partial charge in [0, 0.05) is 6.67 Å². The van der Waals surface area contributed by atoms with Crippen molar-refractivity contribution in [1.82, 2.24) is 10.2 Å². The van der Waals surface area contributed by atoms with E-state index in [1.165, 1.54) is 70.6 Å². The largest absolute Gasteiger partial charge is 0.395 e. The summed E-state index contributed by atoms with van der Waals surface area (Å²) in [5.41, 5.74) is 0. The molecule has 0 saturated heterocycles. The molecule has 0 bridgehead atoms. The fourth-order valence-corrected chi connectivity index (χ4v) is 2.89. The van der Waals surface area contributed by atoms with Crippen molar-refractivity contribution in [3.8, 4) is 0 Å². The molecule has 0 aromatic carbocycles. The molecule has 4 nitrogen and oxygen atoms in total. The summed E-state index contributed by atoms with van der Waals surface area (Å²) in [6, 6.07) is -0.295. The van der Waals surface area contributed by atoms with Crippen molar-refractivity contribution in [1.29, 1.82) is 0 Å². The molecule has 2 atom stereocenters. The zero-order valence-electron chi connectivity index (χ0n) is 17.1. The second-order valence-corrected chi connectivity index (χ2v) is 7.47. The summed E-state index contributed by atoms with van der Waals surface area (Å²) < 4.78 is 0. The van der Waals surface area contributed by atoms with E-state index in [9.17, 15) is 10.2 Å². The van der Waals surface area contributed by atoms with Crippen molar-refractivity contribution in [2.45, 2.75) is 96.1 Å². The van der Waals surface area contributed by atoms with Gasteiger partial charge in [0.1, 0.15) is 0 Å². The third-order valence-electron chi connectivity index (χ3n) is 4.59. The highest BCUT2D eigenvalue weighted by Crippen LogP contribution is 2.12. The van der Waals surface area contributed by atoms with Crippen molar-refractivity contribution < 1.29 is 10.2 Å². The highest BCUT2D eigenvalue weighted by molar-refractivity contribution is 4.94. The lowest BCUT2D eigenvalue weighted by Gasteiger charge is -2.22. The summed E-state index contributed by atoms with van der Waals surface area (Å²) in [6.45, 7) is 2.86. The number of hydrogen-bond donors (Lipinski definition) is 3. The maximum Gasteiger partial charge on any atom is 0.0896 e. The summed E-state index contributed by atoms with van der Waals surface area (Å²) in [5.74, 6) is 0. The summed E-state index contributed by atoms with van der Waals surface area (Å²) >= 11 is 0. The summed E-state index contributed by atoms with van der Waals surface area (Å²) in [4.78, 5) is 1.98. The molecule has 0 spiro atoms. The average molecular weight is 357 g/mol. The smallest absolute Gasteiger partial charge is 0.0896 e. The standard InChI is InChI=1S/C21H44N2O2/c1-4-5-6-7-8-9-10-11-12-13-14-15-16-17-21(25)20(18-24)22-19-23(2)3/h16-17,20-22,24-25H,4-15,18-19H2,1-3H3. The fraction of sp³-hybridized carbons (Fsp3) is 0.905. The zero-order valence-corrected chi connectivity index (χ0v) is 17.1. The van der Waals surface area contributed by atoms with Crippen LogP contribution in [0.1, 0.15) is 84.0 Å². The molecule has 2 unspecified atom stereocenters. The highest BCUT2D eigenvalue weighted by Gasteiger charge is 2.14. The Morgan fingerprint density at radius 2 is 1.40 bits per heavy atom. The maximum absolute atomic E-state index is 10.1. The van der Waals surface area contributed by atoms with Gasteiger partial charge in [-0.25, -0.2) is 0 Å². The van der Waals surface area contributed by atoms with Crippen LogP contribution in [0.5, 0.6) is 0 Å². The van der Waals surface area contributed by atoms with Crippen molar-refractivity contribution in [3.63, 3.8) is 0 Å². The normalized spacial score (nSPS) is 14.5. The minimum atomic E-state index is -0.627. The zero-order chi connectivity index (χ0) is 18.8. The molecule has 0 amide bonds. The van der Waals surface area contributed by atoms with Crippen LogP contribution < -0.4 is 5.32 Å². The first-order valence-corrected chi connectivity index (χ1v) is 10.5. The second kappa shape index (κ2) is 18.4. The molecular formula is C21H44N2O2. The molecule has 0 aromatic heterocycles. The molecule has 0 heterocycles. The van der Waals surface area contributed by atoms with E-state index in [4.69, 9.17) is 0 Å². The first-order valence-electron chi connectivity index (χ1n) is 10.5. The van der Waals surface area contributed by atoms with E-state index in [1.807, 2.05) is 25.1 Å². The Balaban J connectivity index is 3.49. The Morgan fingerprint density at radius 1 is 0.880 bits per heavy atom. The van der Waals surface area contributed by atoms with Crippen molar-refractivity contribution in [3.05, 3.63) is 12.2 Å². The Bertz CT molecular complexity index is 296. The summed E-state index contributed by atoms with van der Waals surface area (Å²) in [5, 5.41) is 22.5. The van der Waals surface area contributed by atoms with Crippen LogP contribution in [0.2, 0.25) is 0 Å². The van der Waals surface area contributed by atoms with E-state index in [-0.39, 0.29) is 12.6 Å². The second-order valence-electron chi connectivity index (χ2n) is 7.47. The van der Waals surface area contributed by atoms with Gasteiger partial charge in [0.15, 0.2) is 0 Å². The Morgan fingerprint density at radius 3 is 1.88 bits per heavy atom. The molecule has 150 valence electrons. The number of nitrogens with one attached hydrogen (secondary N) is 1. The monoisotopic (exact) mass is 356 g/mol. The number of rotatable bonds is 18. The number of unbranched alkanes of at least 4 members (excludes halogenated alkanes) is 11. The SMILES string of the molecule is CCCCCCCCCCCCCC=CC(O)C(CO)NCN(C)C. The third-order valence-corrected chi connectivity index (χ3v) is 4.59. The lowest BCUT2D eigenvalue weighted by Crippen LogP contribution is -2.45. The minimum Gasteiger partial charge on any atom is -0.395 e. The Labute approximate surface area is 156 Å². The van der Waals surface area contributed by atoms with Crippen LogP contribution in [0.15, 0.2) is 12.2 Å². The van der Waals surface area contributed by atoms with Gasteiger partial charge < -0.3 is 10.2 Å². The molecule has 0 aliphatic rings. The lowest BCUT2D eigenvalue weighted by atomic mass is 10.0. The van der Waals surface area contributed by atoms with Crippen molar-refractivity contribution >= 4 is 0 Å². The molecule has 0 aliphatic heterocycles. The van der Waals surface area contributed by atoms with Gasteiger partial charge in [-0.05, 0) is 26.9 Å². The van der Waals surface area contributed by atoms with Gasteiger partial charge in [0.2, 0.25) is 0 Å². The number of allylic oxidation sites excluding steroid dienone is 1. The van der Waals surface area contributed by atoms with Crippen molar-refractivity contribution in [2.75, 3.05) is 27.4 Å². The lowest BCUT2D eigenvalue weighted by molar-refractivity contribution is 0.114. The van der Waals surface area contributed by atoms with Crippen LogP contribution in [-0.4, -0.2) is 54.6 Å². The van der Waals surface area contributed by atoms with Gasteiger partial charge in [-0.1, -0.05) is 83.3 Å². The highest BCUT2D eigenvalue weighted by atomic mass is 16.3. The predicted molar refractivity (Wildman–Crippen MR) is 109 cm³/mol. The number of aliphatic hydroxyl groups excluding tert-OH is 2. The van der Waals surface area contributed by atoms with E-state index in [2.05, 4.69) is 18.3 Å². The van der Waals surface area contributed by atoms with Gasteiger partial charge in [0.05, 0.1) is 18.8 Å². The van der Waals surface area contributed by atoms with Gasteiger partial charge >= 0.3 is 0 Å². The van der Waals surface area contributed by atoms with Gasteiger partial charge in [-0.3, -0.25) is 10.2 Å². The fourth-order valence-electron chi connectivity index (χ4n) is 2.89. The first kappa shape index (κ1) is 24.6. The predicted octanol–water partition coefficient (Wildman–Crippen LogP) is 4.07. The van der Waals surface area contributed by atoms with E-state index in [0.29, 0.717) is 6.67 Å². The topological polar surface area (TPSA) is 55.7 Å². The minimum absolute atomic E-state index is 0.0577. The Kier molecular flexibility index (Phi) is 18.1. The molecule has 0 fully saturated rings. The molecule has 0 rings (SSSR count). The Hall–Kier alpha value is -0.420. The van der Waals surface area contributed by atoms with Crippen LogP contribution in [0, 0.1) is 0 Å². The first-order chi connectivity index (χ1) is 12.1. The molecule has 25 heavy (non-hydrogen) atoms. The van der Waals surface area contributed by atoms with Gasteiger partial charge in [0.25, 0.3) is 0 Å². The molecule has 0 aliphatic carbocycles. The van der Waals surface area contributed by atoms with Crippen LogP contribution in [-0.2, 0) is 0 Å². The molecule has 0 saturated carbocycles. The molecule has 3 N–H and O–H groups in total. The quantitative estimate of drug-likeness (QED) is 0.197. The molecular weight excluding hydrogens is 312 g/mol. The maximum atomic E-state index is 10.1. The van der Waals surface area contributed by atoms with Gasteiger partial charge in [-0.15, -0.1) is 0 Å². The average Bonchev–Trinajstić information content (AvgIpc) is 2.59. The number of hydrogen-bond acceptors (Lipinski definition) is 4. The molecule has 4 heteroatoms. The van der Waals surface area contributed by atoms with E-state index < -0.39 is 6.10 Å². The molecule has 0 aromatic rings. The van der Waals surface area contributed by atoms with E-state index >= 15 is 0 Å². The summed E-state index contributed by atoms with van der Waals surface area (Å²) in [7, 11) is 3.91. The number of nitrogens with zero attached hydrogens (tertiary/aromatic N) is 1. The van der Waals surface area contributed by atoms with Crippen LogP contribution in [0.3, 0.4) is 0 Å². The van der Waals surface area contributed by atoms with E-state index in [0.717, 1.165) is 6.42 Å². The van der Waals surface area contributed by atoms with Crippen molar-refractivity contribution in [2.24, 2.45) is 0 Å². The van der Waals surface area contributed by atoms with E-state index in [1.54, 1.807) is 0 Å². The van der Waals surface area contributed by atoms with Crippen LogP contribution in [0.25, 0.3) is 0 Å².